The summed E-state index contributed by atoms with van der Waals surface area (Å²) in [5, 5.41) is 26.7. The number of fused-ring (bicyclic) bond motifs is 1. The summed E-state index contributed by atoms with van der Waals surface area (Å²) in [6, 6.07) is 5.32. The lowest BCUT2D eigenvalue weighted by Gasteiger charge is -2.34. The van der Waals surface area contributed by atoms with E-state index in [0.29, 0.717) is 36.7 Å². The smallest absolute Gasteiger partial charge is 0.125 e. The third-order valence-electron chi connectivity index (χ3n) is 5.48. The average Bonchev–Trinajstić information content (AvgIpc) is 3.23. The molecule has 0 fully saturated rings. The van der Waals surface area contributed by atoms with Crippen molar-refractivity contribution in [2.75, 3.05) is 32.2 Å². The highest BCUT2D eigenvalue weighted by Gasteiger charge is 2.37. The van der Waals surface area contributed by atoms with Crippen molar-refractivity contribution in [3.63, 3.8) is 0 Å². The van der Waals surface area contributed by atoms with Gasteiger partial charge in [-0.15, -0.1) is 0 Å². The third kappa shape index (κ3) is 7.42. The Balaban J connectivity index is 2.29. The van der Waals surface area contributed by atoms with Crippen molar-refractivity contribution in [2.45, 2.75) is 83.7 Å². The van der Waals surface area contributed by atoms with Crippen LogP contribution in [0.15, 0.2) is 24.4 Å². The number of nitrogen functional groups attached to an aromatic ring is 1. The van der Waals surface area contributed by atoms with E-state index in [0.717, 1.165) is 38.5 Å². The van der Waals surface area contributed by atoms with Crippen LogP contribution in [-0.4, -0.2) is 64.6 Å². The standard InChI is InChI=1S/C24H41N3O5/c1-4-7-14-30-17-21(28)23(31-15-8-5-2)24(32-16-9-6-3)22(29)20-11-10-19-18(25)12-13-26-27(19)20/h10-13,21-24,28-29H,4-9,14-17,25H2,1-3H3/t21-,22?,23-,24+/m1/s1. The maximum atomic E-state index is 11.4. The Labute approximate surface area is 191 Å². The lowest BCUT2D eigenvalue weighted by atomic mass is 10.00. The molecule has 0 radical (unpaired) electrons. The molecule has 2 rings (SSSR count). The van der Waals surface area contributed by atoms with Gasteiger partial charge in [-0.2, -0.15) is 5.10 Å². The average molecular weight is 452 g/mol. The Bertz CT molecular complexity index is 769. The topological polar surface area (TPSA) is 111 Å². The van der Waals surface area contributed by atoms with Gasteiger partial charge < -0.3 is 30.2 Å². The molecular formula is C24H41N3O5. The van der Waals surface area contributed by atoms with Crippen LogP contribution in [-0.2, 0) is 14.2 Å². The van der Waals surface area contributed by atoms with E-state index in [1.807, 2.05) is 6.07 Å². The van der Waals surface area contributed by atoms with E-state index in [1.54, 1.807) is 22.8 Å². The largest absolute Gasteiger partial charge is 0.397 e. The number of aliphatic hydroxyl groups excluding tert-OH is 2. The number of unbranched alkanes of at least 4 members (excludes halogenated alkanes) is 3. The summed E-state index contributed by atoms with van der Waals surface area (Å²) in [7, 11) is 0. The summed E-state index contributed by atoms with van der Waals surface area (Å²) in [5.74, 6) is 0. The Hall–Kier alpha value is -1.71. The van der Waals surface area contributed by atoms with Crippen LogP contribution in [0.2, 0.25) is 0 Å². The third-order valence-corrected chi connectivity index (χ3v) is 5.48. The quantitative estimate of drug-likeness (QED) is 0.316. The number of nitrogens with zero attached hydrogens (tertiary/aromatic N) is 2. The Morgan fingerprint density at radius 3 is 2.19 bits per heavy atom. The van der Waals surface area contributed by atoms with Gasteiger partial charge in [0, 0.05) is 26.0 Å². The molecule has 1 unspecified atom stereocenters. The molecule has 182 valence electrons. The molecule has 0 amide bonds. The maximum absolute atomic E-state index is 11.4. The minimum absolute atomic E-state index is 0.122. The van der Waals surface area contributed by atoms with E-state index in [-0.39, 0.29) is 6.61 Å². The van der Waals surface area contributed by atoms with Gasteiger partial charge in [0.2, 0.25) is 0 Å². The molecule has 2 heterocycles. The second-order valence-corrected chi connectivity index (χ2v) is 8.16. The molecule has 0 aliphatic heterocycles. The minimum atomic E-state index is -1.07. The van der Waals surface area contributed by atoms with Gasteiger partial charge in [0.05, 0.1) is 23.5 Å². The molecule has 2 aromatic heterocycles. The number of aliphatic hydroxyl groups is 2. The van der Waals surface area contributed by atoms with Crippen molar-refractivity contribution in [1.29, 1.82) is 0 Å². The number of aromatic nitrogens is 2. The van der Waals surface area contributed by atoms with Crippen LogP contribution in [0.25, 0.3) is 5.52 Å². The van der Waals surface area contributed by atoms with E-state index in [2.05, 4.69) is 25.9 Å². The van der Waals surface area contributed by atoms with Gasteiger partial charge in [-0.05, 0) is 37.5 Å². The van der Waals surface area contributed by atoms with Crippen LogP contribution < -0.4 is 5.73 Å². The lowest BCUT2D eigenvalue weighted by Crippen LogP contribution is -2.47. The molecule has 0 saturated carbocycles. The Kier molecular flexibility index (Phi) is 12.0. The molecule has 0 aliphatic carbocycles. The number of ether oxygens (including phenoxy) is 3. The van der Waals surface area contributed by atoms with Gasteiger partial charge in [0.1, 0.15) is 24.4 Å². The fourth-order valence-electron chi connectivity index (χ4n) is 3.51. The van der Waals surface area contributed by atoms with Crippen LogP contribution >= 0.6 is 0 Å². The first-order valence-electron chi connectivity index (χ1n) is 11.9. The molecule has 2 aromatic rings. The summed E-state index contributed by atoms with van der Waals surface area (Å²) in [6.45, 7) is 7.86. The molecule has 0 aromatic carbocycles. The highest BCUT2D eigenvalue weighted by Crippen LogP contribution is 2.28. The molecule has 0 saturated heterocycles. The van der Waals surface area contributed by atoms with Crippen LogP contribution in [0, 0.1) is 0 Å². The first-order valence-corrected chi connectivity index (χ1v) is 11.9. The zero-order valence-corrected chi connectivity index (χ0v) is 19.8. The number of anilines is 1. The molecule has 8 heteroatoms. The van der Waals surface area contributed by atoms with Crippen LogP contribution in [0.3, 0.4) is 0 Å². The zero-order chi connectivity index (χ0) is 23.3. The molecule has 4 atom stereocenters. The summed E-state index contributed by atoms with van der Waals surface area (Å²) >= 11 is 0. The fraction of sp³-hybridized carbons (Fsp3) is 0.708. The van der Waals surface area contributed by atoms with E-state index in [4.69, 9.17) is 19.9 Å². The first-order chi connectivity index (χ1) is 15.5. The monoisotopic (exact) mass is 451 g/mol. The SMILES string of the molecule is CCCCOC[C@@H](O)[C@@H](OCCCC)[C@@H](OCCCC)C(O)c1ccc2c(N)ccnn12. The van der Waals surface area contributed by atoms with Crippen LogP contribution in [0.5, 0.6) is 0 Å². The molecule has 0 spiro atoms. The molecule has 4 N–H and O–H groups in total. The van der Waals surface area contributed by atoms with Gasteiger partial charge >= 0.3 is 0 Å². The van der Waals surface area contributed by atoms with E-state index in [1.165, 1.54) is 0 Å². The Morgan fingerprint density at radius 2 is 1.53 bits per heavy atom. The lowest BCUT2D eigenvalue weighted by molar-refractivity contribution is -0.170. The van der Waals surface area contributed by atoms with Gasteiger partial charge in [-0.25, -0.2) is 4.52 Å². The van der Waals surface area contributed by atoms with Gasteiger partial charge in [-0.1, -0.05) is 40.0 Å². The predicted octanol–water partition coefficient (Wildman–Crippen LogP) is 3.50. The van der Waals surface area contributed by atoms with E-state index < -0.39 is 24.4 Å². The van der Waals surface area contributed by atoms with E-state index >= 15 is 0 Å². The van der Waals surface area contributed by atoms with Crippen LogP contribution in [0.1, 0.15) is 71.1 Å². The summed E-state index contributed by atoms with van der Waals surface area (Å²) in [6.07, 6.45) is 3.61. The minimum Gasteiger partial charge on any atom is -0.397 e. The van der Waals surface area contributed by atoms with Crippen molar-refractivity contribution in [3.8, 4) is 0 Å². The van der Waals surface area contributed by atoms with Crippen molar-refractivity contribution in [2.24, 2.45) is 0 Å². The van der Waals surface area contributed by atoms with Gasteiger partial charge in [0.15, 0.2) is 0 Å². The zero-order valence-electron chi connectivity index (χ0n) is 19.8. The highest BCUT2D eigenvalue weighted by molar-refractivity contribution is 5.69. The maximum Gasteiger partial charge on any atom is 0.125 e. The fourth-order valence-corrected chi connectivity index (χ4v) is 3.51. The number of hydrogen-bond donors (Lipinski definition) is 3. The van der Waals surface area contributed by atoms with E-state index in [9.17, 15) is 10.2 Å². The molecule has 32 heavy (non-hydrogen) atoms. The highest BCUT2D eigenvalue weighted by atomic mass is 16.6. The predicted molar refractivity (Wildman–Crippen MR) is 126 cm³/mol. The summed E-state index contributed by atoms with van der Waals surface area (Å²) < 4.78 is 19.5. The van der Waals surface area contributed by atoms with Crippen molar-refractivity contribution < 1.29 is 24.4 Å². The summed E-state index contributed by atoms with van der Waals surface area (Å²) in [5.41, 5.74) is 7.88. The van der Waals surface area contributed by atoms with Gasteiger partial charge in [-0.3, -0.25) is 0 Å². The molecule has 0 aliphatic rings. The normalized spacial score (nSPS) is 15.7. The van der Waals surface area contributed by atoms with Crippen molar-refractivity contribution in [1.82, 2.24) is 9.61 Å². The van der Waals surface area contributed by atoms with Crippen LogP contribution in [0.4, 0.5) is 5.69 Å². The van der Waals surface area contributed by atoms with Crippen molar-refractivity contribution in [3.05, 3.63) is 30.1 Å². The summed E-state index contributed by atoms with van der Waals surface area (Å²) in [4.78, 5) is 0. The molecule has 0 bridgehead atoms. The molecular weight excluding hydrogens is 410 g/mol. The first kappa shape index (κ1) is 26.5. The van der Waals surface area contributed by atoms with Gasteiger partial charge in [0.25, 0.3) is 0 Å². The number of nitrogens with two attached hydrogens (primary N) is 1. The molecule has 8 nitrogen and oxygen atoms in total. The second kappa shape index (κ2) is 14.4. The number of rotatable bonds is 17. The number of hydrogen-bond acceptors (Lipinski definition) is 7. The Morgan fingerprint density at radius 1 is 0.906 bits per heavy atom. The second-order valence-electron chi connectivity index (χ2n) is 8.16. The van der Waals surface area contributed by atoms with Crippen molar-refractivity contribution >= 4 is 11.2 Å².